The Morgan fingerprint density at radius 3 is 2.36 bits per heavy atom. The molecule has 25 heavy (non-hydrogen) atoms. The first-order valence-electron chi connectivity index (χ1n) is 7.85. The average molecular weight is 355 g/mol. The summed E-state index contributed by atoms with van der Waals surface area (Å²) in [5.74, 6) is -1.99. The zero-order valence-corrected chi connectivity index (χ0v) is 13.8. The van der Waals surface area contributed by atoms with Crippen molar-refractivity contribution in [3.8, 4) is 0 Å². The smallest absolute Gasteiger partial charge is 0.321 e. The number of carboxylic acids is 2. The highest BCUT2D eigenvalue weighted by Crippen LogP contribution is 2.00. The van der Waals surface area contributed by atoms with Crippen molar-refractivity contribution in [1.82, 2.24) is 20.6 Å². The van der Waals surface area contributed by atoms with Gasteiger partial charge in [0.15, 0.2) is 5.96 Å². The molecule has 0 amide bonds. The van der Waals surface area contributed by atoms with Crippen molar-refractivity contribution in [1.29, 1.82) is 0 Å². The van der Waals surface area contributed by atoms with E-state index in [-0.39, 0.29) is 12.4 Å². The topological polar surface area (TPSA) is 192 Å². The largest absolute Gasteiger partial charge is 0.480 e. The van der Waals surface area contributed by atoms with Crippen molar-refractivity contribution in [2.45, 2.75) is 31.3 Å². The fourth-order valence-electron chi connectivity index (χ4n) is 2.17. The number of guanidine groups is 1. The summed E-state index contributed by atoms with van der Waals surface area (Å²) in [7, 11) is 0. The van der Waals surface area contributed by atoms with Gasteiger partial charge in [0.1, 0.15) is 12.1 Å². The average Bonchev–Trinajstić information content (AvgIpc) is 3.04. The highest BCUT2D eigenvalue weighted by Gasteiger charge is 2.19. The van der Waals surface area contributed by atoms with Crippen LogP contribution in [0.3, 0.4) is 0 Å². The minimum absolute atomic E-state index is 0.0268. The highest BCUT2D eigenvalue weighted by atomic mass is 16.4. The molecule has 1 heterocycles. The van der Waals surface area contributed by atoms with Crippen LogP contribution in [0.15, 0.2) is 17.5 Å². The number of hydrogen-bond donors (Lipinski definition) is 7. The number of carbonyl (C=O) groups is 2. The third-order valence-corrected chi connectivity index (χ3v) is 3.43. The predicted octanol–water partition coefficient (Wildman–Crippen LogP) is -1.91. The summed E-state index contributed by atoms with van der Waals surface area (Å²) >= 11 is 0. The van der Waals surface area contributed by atoms with Crippen LogP contribution in [0.5, 0.6) is 0 Å². The van der Waals surface area contributed by atoms with Crippen molar-refractivity contribution in [3.63, 3.8) is 0 Å². The molecule has 11 nitrogen and oxygen atoms in total. The van der Waals surface area contributed by atoms with Crippen LogP contribution in [0.25, 0.3) is 0 Å². The van der Waals surface area contributed by atoms with E-state index in [1.807, 2.05) is 0 Å². The van der Waals surface area contributed by atoms with Crippen molar-refractivity contribution >= 4 is 17.9 Å². The van der Waals surface area contributed by atoms with Crippen molar-refractivity contribution in [3.05, 3.63) is 18.2 Å². The summed E-state index contributed by atoms with van der Waals surface area (Å²) in [5.41, 5.74) is 11.1. The molecule has 0 spiro atoms. The van der Waals surface area contributed by atoms with Crippen LogP contribution in [0.2, 0.25) is 0 Å². The first-order valence-corrected chi connectivity index (χ1v) is 7.85. The molecule has 11 heteroatoms. The van der Waals surface area contributed by atoms with E-state index in [9.17, 15) is 19.8 Å². The zero-order chi connectivity index (χ0) is 18.7. The van der Waals surface area contributed by atoms with Crippen LogP contribution in [0.4, 0.5) is 0 Å². The quantitative estimate of drug-likeness (QED) is 0.120. The molecule has 140 valence electrons. The van der Waals surface area contributed by atoms with Crippen molar-refractivity contribution in [2.24, 2.45) is 16.5 Å². The number of aliphatic carboxylic acids is 2. The van der Waals surface area contributed by atoms with Gasteiger partial charge >= 0.3 is 11.9 Å². The van der Waals surface area contributed by atoms with E-state index in [1.54, 1.807) is 6.20 Å². The molecular weight excluding hydrogens is 330 g/mol. The second-order valence-corrected chi connectivity index (χ2v) is 5.42. The molecule has 0 saturated heterocycles. The van der Waals surface area contributed by atoms with Crippen LogP contribution in [-0.4, -0.2) is 69.8 Å². The third kappa shape index (κ3) is 8.67. The lowest BCUT2D eigenvalue weighted by Gasteiger charge is -2.17. The minimum Gasteiger partial charge on any atom is -0.480 e. The van der Waals surface area contributed by atoms with Gasteiger partial charge in [0.25, 0.3) is 0 Å². The van der Waals surface area contributed by atoms with E-state index in [0.29, 0.717) is 38.2 Å². The first-order chi connectivity index (χ1) is 11.9. The number of carboxylic acid groups (broad SMARTS) is 2. The van der Waals surface area contributed by atoms with E-state index >= 15 is 0 Å². The van der Waals surface area contributed by atoms with E-state index in [4.69, 9.17) is 11.5 Å². The Morgan fingerprint density at radius 2 is 1.84 bits per heavy atom. The normalized spacial score (nSPS) is 13.1. The second-order valence-electron chi connectivity index (χ2n) is 5.42. The lowest BCUT2D eigenvalue weighted by molar-refractivity contribution is -0.140. The van der Waals surface area contributed by atoms with Gasteiger partial charge in [0.05, 0.1) is 6.33 Å². The molecule has 0 aliphatic rings. The van der Waals surface area contributed by atoms with Crippen LogP contribution in [0, 0.1) is 0 Å². The number of nitrogens with one attached hydrogen (secondary N) is 3. The maximum Gasteiger partial charge on any atom is 0.321 e. The Labute approximate surface area is 144 Å². The van der Waals surface area contributed by atoms with E-state index in [0.717, 1.165) is 0 Å². The fourth-order valence-corrected chi connectivity index (χ4v) is 2.17. The van der Waals surface area contributed by atoms with Gasteiger partial charge in [0, 0.05) is 37.9 Å². The van der Waals surface area contributed by atoms with E-state index in [2.05, 4.69) is 25.6 Å². The summed E-state index contributed by atoms with van der Waals surface area (Å²) in [6.45, 7) is 0.978. The number of aromatic nitrogens is 2. The molecule has 0 aliphatic carbocycles. The maximum absolute atomic E-state index is 11.2. The van der Waals surface area contributed by atoms with Gasteiger partial charge in [-0.3, -0.25) is 14.6 Å². The number of rotatable bonds is 13. The van der Waals surface area contributed by atoms with Crippen LogP contribution in [-0.2, 0) is 16.0 Å². The van der Waals surface area contributed by atoms with Gasteiger partial charge in [0.2, 0.25) is 0 Å². The number of hydrogen-bond acceptors (Lipinski definition) is 6. The maximum atomic E-state index is 11.2. The van der Waals surface area contributed by atoms with Gasteiger partial charge in [-0.25, -0.2) is 4.98 Å². The van der Waals surface area contributed by atoms with Gasteiger partial charge in [-0.05, 0) is 12.8 Å². The molecule has 9 N–H and O–H groups in total. The second kappa shape index (κ2) is 11.0. The number of imidazole rings is 1. The van der Waals surface area contributed by atoms with Crippen LogP contribution >= 0.6 is 0 Å². The summed E-state index contributed by atoms with van der Waals surface area (Å²) in [6.07, 6.45) is 4.19. The predicted molar refractivity (Wildman–Crippen MR) is 91.1 cm³/mol. The fraction of sp³-hybridized carbons (Fsp3) is 0.571. The molecule has 1 unspecified atom stereocenters. The molecule has 1 rings (SSSR count). The van der Waals surface area contributed by atoms with E-state index < -0.39 is 24.0 Å². The summed E-state index contributed by atoms with van der Waals surface area (Å²) < 4.78 is 0. The Balaban J connectivity index is 2.32. The summed E-state index contributed by atoms with van der Waals surface area (Å²) in [6, 6.07) is -1.53. The first kappa shape index (κ1) is 20.4. The molecule has 0 aromatic carbocycles. The SMILES string of the molecule is NC(N)=NCCCC(NCCN[C@@H](Cc1cnc[nH]1)C(=O)O)C(=O)O. The Kier molecular flexibility index (Phi) is 8.96. The molecule has 0 radical (unpaired) electrons. The standard InChI is InChI=1S/C14H25N7O4/c15-14(16)20-3-1-2-10(12(22)23)18-4-5-19-11(13(24)25)6-9-7-17-8-21-9/h7-8,10-11,18-19H,1-6H2,(H,17,21)(H,22,23)(H,24,25)(H4,15,16,20)/t10?,11-/m0/s1. The molecule has 1 aromatic rings. The van der Waals surface area contributed by atoms with Crippen molar-refractivity contribution in [2.75, 3.05) is 19.6 Å². The number of nitrogens with two attached hydrogens (primary N) is 2. The minimum atomic E-state index is -0.985. The molecule has 2 atom stereocenters. The molecule has 0 fully saturated rings. The van der Waals surface area contributed by atoms with Gasteiger partial charge in [-0.15, -0.1) is 0 Å². The molecular formula is C14H25N7O4. The lowest BCUT2D eigenvalue weighted by Crippen LogP contribution is -2.45. The van der Waals surface area contributed by atoms with Gasteiger partial charge < -0.3 is 37.3 Å². The molecule has 0 saturated carbocycles. The Bertz CT molecular complexity index is 558. The number of nitrogens with zero attached hydrogens (tertiary/aromatic N) is 2. The van der Waals surface area contributed by atoms with Gasteiger partial charge in [-0.2, -0.15) is 0 Å². The summed E-state index contributed by atoms with van der Waals surface area (Å²) in [5, 5.41) is 24.1. The highest BCUT2D eigenvalue weighted by molar-refractivity contribution is 5.75. The summed E-state index contributed by atoms with van der Waals surface area (Å²) in [4.78, 5) is 32.9. The Hall–Kier alpha value is -2.66. The number of aromatic amines is 1. The van der Waals surface area contributed by atoms with E-state index in [1.165, 1.54) is 6.33 Å². The molecule has 1 aromatic heterocycles. The van der Waals surface area contributed by atoms with Crippen molar-refractivity contribution < 1.29 is 19.8 Å². The van der Waals surface area contributed by atoms with Gasteiger partial charge in [-0.1, -0.05) is 0 Å². The Morgan fingerprint density at radius 1 is 1.20 bits per heavy atom. The molecule has 0 aliphatic heterocycles. The zero-order valence-electron chi connectivity index (χ0n) is 13.8. The number of aliphatic imine (C=N–C) groups is 1. The van der Waals surface area contributed by atoms with Crippen LogP contribution < -0.4 is 22.1 Å². The lowest BCUT2D eigenvalue weighted by atomic mass is 10.1. The van der Waals surface area contributed by atoms with Crippen LogP contribution in [0.1, 0.15) is 18.5 Å². The monoisotopic (exact) mass is 355 g/mol. The molecule has 0 bridgehead atoms. The third-order valence-electron chi connectivity index (χ3n) is 3.43. The number of H-pyrrole nitrogens is 1.